The minimum Gasteiger partial charge on any atom is -0.365 e. The summed E-state index contributed by atoms with van der Waals surface area (Å²) in [6.07, 6.45) is 5.76. The van der Waals surface area contributed by atoms with Gasteiger partial charge in [0, 0.05) is 17.6 Å². The van der Waals surface area contributed by atoms with Crippen LogP contribution >= 0.6 is 23.2 Å². The Morgan fingerprint density at radius 2 is 1.67 bits per heavy atom. The number of carbonyl (C=O) groups excluding carboxylic acids is 2. The number of nitrogens with zero attached hydrogens (tertiary/aromatic N) is 4. The lowest BCUT2D eigenvalue weighted by atomic mass is 9.55. The number of hydrogen-bond acceptors (Lipinski definition) is 4. The van der Waals surface area contributed by atoms with Crippen LogP contribution in [0.3, 0.4) is 0 Å². The van der Waals surface area contributed by atoms with Crippen LogP contribution < -0.4 is 11.1 Å². The minimum atomic E-state index is -0.600. The first-order valence-corrected chi connectivity index (χ1v) is 13.9. The van der Waals surface area contributed by atoms with E-state index in [-0.39, 0.29) is 23.5 Å². The first kappa shape index (κ1) is 25.7. The molecule has 3 amide bonds. The van der Waals surface area contributed by atoms with Crippen LogP contribution in [0.2, 0.25) is 10.0 Å². The van der Waals surface area contributed by atoms with Gasteiger partial charge in [0.05, 0.1) is 46.0 Å². The van der Waals surface area contributed by atoms with E-state index in [2.05, 4.69) is 28.6 Å². The molecule has 0 atom stereocenters. The van der Waals surface area contributed by atoms with E-state index < -0.39 is 5.91 Å². The number of nitrogens with one attached hydrogen (secondary N) is 1. The number of aromatic nitrogens is 2. The first-order valence-electron chi connectivity index (χ1n) is 13.2. The number of hydrogen-bond donors (Lipinski definition) is 2. The Morgan fingerprint density at radius 1 is 0.974 bits per heavy atom. The summed E-state index contributed by atoms with van der Waals surface area (Å²) in [7, 11) is 0. The first-order chi connectivity index (χ1) is 18.7. The molecule has 3 N–H and O–H groups in total. The van der Waals surface area contributed by atoms with Crippen LogP contribution in [0.5, 0.6) is 0 Å². The Morgan fingerprint density at radius 3 is 2.28 bits per heavy atom. The van der Waals surface area contributed by atoms with Crippen LogP contribution in [0.1, 0.15) is 65.7 Å². The molecule has 0 radical (unpaired) electrons. The van der Waals surface area contributed by atoms with E-state index in [4.69, 9.17) is 34.2 Å². The van der Waals surface area contributed by atoms with Gasteiger partial charge in [0.25, 0.3) is 5.91 Å². The van der Waals surface area contributed by atoms with E-state index in [1.54, 1.807) is 27.8 Å². The topological polar surface area (TPSA) is 117 Å². The van der Waals surface area contributed by atoms with Crippen molar-refractivity contribution < 1.29 is 9.59 Å². The summed E-state index contributed by atoms with van der Waals surface area (Å²) in [4.78, 5) is 27.8. The van der Waals surface area contributed by atoms with Gasteiger partial charge in [0.1, 0.15) is 5.69 Å². The molecule has 8 nitrogen and oxygen atoms in total. The summed E-state index contributed by atoms with van der Waals surface area (Å²) in [5.41, 5.74) is 9.67. The zero-order valence-electron chi connectivity index (χ0n) is 21.3. The van der Waals surface area contributed by atoms with E-state index >= 15 is 0 Å². The average molecular weight is 563 g/mol. The maximum Gasteiger partial charge on any atom is 0.318 e. The molecule has 0 unspecified atom stereocenters. The second-order valence-electron chi connectivity index (χ2n) is 11.0. The highest BCUT2D eigenvalue weighted by Crippen LogP contribution is 2.53. The number of nitrogens with two attached hydrogens (primary N) is 1. The lowest BCUT2D eigenvalue weighted by molar-refractivity contribution is 0.0750. The quantitative estimate of drug-likeness (QED) is 0.442. The van der Waals surface area contributed by atoms with Crippen molar-refractivity contribution in [3.05, 3.63) is 74.9 Å². The van der Waals surface area contributed by atoms with Crippen molar-refractivity contribution in [2.24, 2.45) is 5.73 Å². The molecule has 3 fully saturated rings. The van der Waals surface area contributed by atoms with Crippen LogP contribution in [0, 0.1) is 11.3 Å². The highest BCUT2D eigenvalue weighted by Gasteiger charge is 2.50. The normalized spacial score (nSPS) is 23.7. The number of carbonyl (C=O) groups is 2. The van der Waals surface area contributed by atoms with Gasteiger partial charge in [0.15, 0.2) is 0 Å². The average Bonchev–Trinajstić information content (AvgIpc) is 3.34. The standard InChI is InChI=1S/C29H28Cl2N6O2/c30-21-6-3-19(15-22(21)31)25-24(26(33)38)23-17-36(13-14-37(23)35-25)27(39)34-29-10-7-28(8-11-29,9-12-29)20-4-1-18(16-32)2-5-20/h1-6,15H,7-14,17H2,(H2,33,38)(H,34,39). The van der Waals surface area contributed by atoms with Gasteiger partial charge in [0.2, 0.25) is 0 Å². The molecule has 1 aromatic heterocycles. The molecule has 1 aliphatic heterocycles. The predicted molar refractivity (Wildman–Crippen MR) is 148 cm³/mol. The van der Waals surface area contributed by atoms with Crippen molar-refractivity contribution in [1.82, 2.24) is 20.0 Å². The Labute approximate surface area is 236 Å². The maximum atomic E-state index is 13.5. The third-order valence-electron chi connectivity index (χ3n) is 8.95. The van der Waals surface area contributed by atoms with Crippen molar-refractivity contribution >= 4 is 35.1 Å². The highest BCUT2D eigenvalue weighted by atomic mass is 35.5. The zero-order chi connectivity index (χ0) is 27.4. The molecule has 3 aliphatic carbocycles. The molecule has 3 saturated carbocycles. The van der Waals surface area contributed by atoms with Gasteiger partial charge in [-0.25, -0.2) is 4.79 Å². The van der Waals surface area contributed by atoms with Gasteiger partial charge < -0.3 is 16.0 Å². The Hall–Kier alpha value is -3.54. The summed E-state index contributed by atoms with van der Waals surface area (Å²) in [6, 6.07) is 15.1. The molecular formula is C29H28Cl2N6O2. The molecule has 4 aliphatic rings. The van der Waals surface area contributed by atoms with Gasteiger partial charge >= 0.3 is 6.03 Å². The molecule has 2 aromatic carbocycles. The van der Waals surface area contributed by atoms with Crippen LogP contribution in [-0.4, -0.2) is 38.7 Å². The molecule has 10 heteroatoms. The van der Waals surface area contributed by atoms with E-state index in [0.29, 0.717) is 51.2 Å². The van der Waals surface area contributed by atoms with Crippen molar-refractivity contribution in [1.29, 1.82) is 5.26 Å². The van der Waals surface area contributed by atoms with Crippen LogP contribution in [0.15, 0.2) is 42.5 Å². The molecule has 0 saturated heterocycles. The monoisotopic (exact) mass is 562 g/mol. The van der Waals surface area contributed by atoms with Gasteiger partial charge in [-0.15, -0.1) is 0 Å². The number of urea groups is 1. The van der Waals surface area contributed by atoms with E-state index in [1.165, 1.54) is 5.56 Å². The fourth-order valence-corrected chi connectivity index (χ4v) is 6.90. The SMILES string of the molecule is N#Cc1ccc(C23CCC(NC(=O)N4CCn5nc(-c6ccc(Cl)c(Cl)c6)c(C(N)=O)c5C4)(CC2)CC3)cc1. The summed E-state index contributed by atoms with van der Waals surface area (Å²) >= 11 is 12.3. The van der Waals surface area contributed by atoms with Crippen LogP contribution in [0.25, 0.3) is 11.3 Å². The lowest BCUT2D eigenvalue weighted by Gasteiger charge is -2.54. The minimum absolute atomic E-state index is 0.120. The summed E-state index contributed by atoms with van der Waals surface area (Å²) in [5.74, 6) is -0.600. The lowest BCUT2D eigenvalue weighted by Crippen LogP contribution is -2.60. The second kappa shape index (κ2) is 9.58. The number of benzene rings is 2. The van der Waals surface area contributed by atoms with Crippen molar-refractivity contribution in [3.63, 3.8) is 0 Å². The third kappa shape index (κ3) is 4.44. The van der Waals surface area contributed by atoms with Gasteiger partial charge in [-0.3, -0.25) is 9.48 Å². The number of nitriles is 1. The van der Waals surface area contributed by atoms with Crippen molar-refractivity contribution in [3.8, 4) is 17.3 Å². The van der Waals surface area contributed by atoms with Crippen LogP contribution in [-0.2, 0) is 18.5 Å². The van der Waals surface area contributed by atoms with E-state index in [0.717, 1.165) is 38.5 Å². The number of rotatable bonds is 4. The molecule has 2 bridgehead atoms. The molecule has 39 heavy (non-hydrogen) atoms. The molecule has 7 rings (SSSR count). The Balaban J connectivity index is 1.18. The second-order valence-corrected chi connectivity index (χ2v) is 11.8. The van der Waals surface area contributed by atoms with Gasteiger partial charge in [-0.1, -0.05) is 41.4 Å². The molecule has 0 spiro atoms. The van der Waals surface area contributed by atoms with E-state index in [1.807, 2.05) is 12.1 Å². The summed E-state index contributed by atoms with van der Waals surface area (Å²) in [6.45, 7) is 1.17. The highest BCUT2D eigenvalue weighted by molar-refractivity contribution is 6.42. The zero-order valence-corrected chi connectivity index (χ0v) is 22.9. The Bertz CT molecular complexity index is 1500. The van der Waals surface area contributed by atoms with Crippen molar-refractivity contribution in [2.45, 2.75) is 62.6 Å². The predicted octanol–water partition coefficient (Wildman–Crippen LogP) is 5.40. The molecule has 2 heterocycles. The summed E-state index contributed by atoms with van der Waals surface area (Å²) < 4.78 is 1.76. The smallest absolute Gasteiger partial charge is 0.318 e. The third-order valence-corrected chi connectivity index (χ3v) is 9.69. The molecule has 3 aromatic rings. The number of fused-ring (bicyclic) bond motifs is 4. The fraction of sp³-hybridized carbons (Fsp3) is 0.379. The number of primary amides is 1. The number of amides is 3. The maximum absolute atomic E-state index is 13.5. The Kier molecular flexibility index (Phi) is 6.32. The summed E-state index contributed by atoms with van der Waals surface area (Å²) in [5, 5.41) is 17.9. The largest absolute Gasteiger partial charge is 0.365 e. The van der Waals surface area contributed by atoms with Crippen LogP contribution in [0.4, 0.5) is 4.79 Å². The van der Waals surface area contributed by atoms with Gasteiger partial charge in [-0.2, -0.15) is 10.4 Å². The molecule has 200 valence electrons. The number of halogens is 2. The van der Waals surface area contributed by atoms with E-state index in [9.17, 15) is 9.59 Å². The van der Waals surface area contributed by atoms with Crippen molar-refractivity contribution in [2.75, 3.05) is 6.54 Å². The molecular weight excluding hydrogens is 535 g/mol. The fourth-order valence-electron chi connectivity index (χ4n) is 6.61. The van der Waals surface area contributed by atoms with Gasteiger partial charge in [-0.05, 0) is 73.8 Å².